The van der Waals surface area contributed by atoms with Crippen LogP contribution in [0.2, 0.25) is 0 Å². The minimum Gasteiger partial charge on any atom is -0.496 e. The van der Waals surface area contributed by atoms with Gasteiger partial charge in [0.25, 0.3) is 0 Å². The molecule has 33 heavy (non-hydrogen) atoms. The summed E-state index contributed by atoms with van der Waals surface area (Å²) in [7, 11) is 2.92. The fraction of sp³-hybridized carbons (Fsp3) is 0.185. The van der Waals surface area contributed by atoms with Crippen LogP contribution in [0.1, 0.15) is 50.2 Å². The van der Waals surface area contributed by atoms with E-state index in [1.807, 2.05) is 54.7 Å². The summed E-state index contributed by atoms with van der Waals surface area (Å²) in [5, 5.41) is 0.927. The molecular formula is C27H25NO5. The molecule has 1 heterocycles. The molecule has 3 aromatic carbocycles. The van der Waals surface area contributed by atoms with Gasteiger partial charge in [0.05, 0.1) is 25.3 Å². The van der Waals surface area contributed by atoms with E-state index in [1.165, 1.54) is 7.11 Å². The molecule has 6 nitrogen and oxygen atoms in total. The maximum Gasteiger partial charge on any atom is 0.338 e. The van der Waals surface area contributed by atoms with Gasteiger partial charge in [-0.15, -0.1) is 0 Å². The number of benzene rings is 3. The van der Waals surface area contributed by atoms with E-state index >= 15 is 0 Å². The summed E-state index contributed by atoms with van der Waals surface area (Å²) in [5.41, 5.74) is 4.69. The van der Waals surface area contributed by atoms with Gasteiger partial charge in [0, 0.05) is 28.6 Å². The van der Waals surface area contributed by atoms with Crippen LogP contribution in [0, 0.1) is 0 Å². The monoisotopic (exact) mass is 443 g/mol. The van der Waals surface area contributed by atoms with E-state index in [1.54, 1.807) is 25.3 Å². The Labute approximate surface area is 192 Å². The number of esters is 2. The first-order chi connectivity index (χ1) is 16.0. The second-order valence-electron chi connectivity index (χ2n) is 7.74. The third kappa shape index (κ3) is 4.60. The zero-order chi connectivity index (χ0) is 23.4. The summed E-state index contributed by atoms with van der Waals surface area (Å²) in [6, 6.07) is 20.3. The van der Waals surface area contributed by atoms with Crippen LogP contribution in [0.5, 0.6) is 5.75 Å². The van der Waals surface area contributed by atoms with Crippen molar-refractivity contribution in [2.45, 2.75) is 19.4 Å². The van der Waals surface area contributed by atoms with Gasteiger partial charge < -0.3 is 19.2 Å². The predicted molar refractivity (Wildman–Crippen MR) is 126 cm³/mol. The topological polar surface area (TPSA) is 77.6 Å². The Balaban J connectivity index is 1.62. The van der Waals surface area contributed by atoms with Crippen LogP contribution in [0.15, 0.2) is 72.9 Å². The predicted octanol–water partition coefficient (Wildman–Crippen LogP) is 5.47. The van der Waals surface area contributed by atoms with E-state index in [0.29, 0.717) is 16.9 Å². The average molecular weight is 443 g/mol. The zero-order valence-corrected chi connectivity index (χ0v) is 18.8. The minimum absolute atomic E-state index is 0.0593. The molecule has 0 fully saturated rings. The first-order valence-corrected chi connectivity index (χ1v) is 10.6. The third-order valence-electron chi connectivity index (χ3n) is 5.75. The molecule has 1 unspecified atom stereocenters. The normalized spacial score (nSPS) is 11.7. The van der Waals surface area contributed by atoms with Gasteiger partial charge in [0.2, 0.25) is 0 Å². The van der Waals surface area contributed by atoms with Crippen molar-refractivity contribution in [2.24, 2.45) is 0 Å². The Morgan fingerprint density at radius 3 is 2.33 bits per heavy atom. The summed E-state index contributed by atoms with van der Waals surface area (Å²) < 4.78 is 15.9. The molecular weight excluding hydrogens is 418 g/mol. The molecule has 1 atom stereocenters. The standard InChI is InChI=1S/C27H25NO5/c1-17(21-11-9-20(26(29)32-3)14-25(21)31-2)23-15-28-24-12-10-19(13-22(23)24)27(30)33-16-18-7-5-4-6-8-18/h4-15,17,28H,16H2,1-3H3. The van der Waals surface area contributed by atoms with Crippen molar-refractivity contribution >= 4 is 22.8 Å². The fourth-order valence-electron chi connectivity index (χ4n) is 3.92. The van der Waals surface area contributed by atoms with Crippen molar-refractivity contribution in [3.63, 3.8) is 0 Å². The van der Waals surface area contributed by atoms with E-state index < -0.39 is 5.97 Å². The van der Waals surface area contributed by atoms with E-state index in [0.717, 1.165) is 27.6 Å². The molecule has 0 aliphatic rings. The van der Waals surface area contributed by atoms with E-state index in [2.05, 4.69) is 11.9 Å². The Kier molecular flexibility index (Phi) is 6.45. The first-order valence-electron chi connectivity index (χ1n) is 10.6. The first kappa shape index (κ1) is 22.1. The summed E-state index contributed by atoms with van der Waals surface area (Å²) in [5.74, 6) is -0.256. The maximum absolute atomic E-state index is 12.7. The number of rotatable bonds is 7. The van der Waals surface area contributed by atoms with Crippen molar-refractivity contribution in [3.05, 3.63) is 101 Å². The highest BCUT2D eigenvalue weighted by molar-refractivity contribution is 5.96. The quantitative estimate of drug-likeness (QED) is 0.383. The summed E-state index contributed by atoms with van der Waals surface area (Å²) in [4.78, 5) is 27.8. The summed E-state index contributed by atoms with van der Waals surface area (Å²) in [6.07, 6.45) is 1.93. The summed E-state index contributed by atoms with van der Waals surface area (Å²) in [6.45, 7) is 2.27. The van der Waals surface area contributed by atoms with Crippen molar-refractivity contribution in [2.75, 3.05) is 14.2 Å². The molecule has 0 aliphatic heterocycles. The minimum atomic E-state index is -0.418. The molecule has 0 aliphatic carbocycles. The number of fused-ring (bicyclic) bond motifs is 1. The molecule has 0 saturated heterocycles. The number of aromatic nitrogens is 1. The number of aromatic amines is 1. The van der Waals surface area contributed by atoms with Gasteiger partial charge >= 0.3 is 11.9 Å². The highest BCUT2D eigenvalue weighted by atomic mass is 16.5. The van der Waals surface area contributed by atoms with Crippen LogP contribution in [0.3, 0.4) is 0 Å². The number of carbonyl (C=O) groups excluding carboxylic acids is 2. The number of ether oxygens (including phenoxy) is 3. The smallest absolute Gasteiger partial charge is 0.338 e. The van der Waals surface area contributed by atoms with Gasteiger partial charge in [0.1, 0.15) is 12.4 Å². The van der Waals surface area contributed by atoms with E-state index in [9.17, 15) is 9.59 Å². The van der Waals surface area contributed by atoms with Gasteiger partial charge in [-0.2, -0.15) is 0 Å². The molecule has 0 amide bonds. The van der Waals surface area contributed by atoms with Gasteiger partial charge in [-0.3, -0.25) is 0 Å². The molecule has 6 heteroatoms. The molecule has 1 aromatic heterocycles. The molecule has 4 aromatic rings. The lowest BCUT2D eigenvalue weighted by Crippen LogP contribution is -2.06. The Bertz CT molecular complexity index is 1290. The highest BCUT2D eigenvalue weighted by Gasteiger charge is 2.20. The Morgan fingerprint density at radius 2 is 1.61 bits per heavy atom. The molecule has 0 spiro atoms. The summed E-state index contributed by atoms with van der Waals surface area (Å²) >= 11 is 0. The van der Waals surface area contributed by atoms with Crippen LogP contribution < -0.4 is 4.74 Å². The van der Waals surface area contributed by atoms with Crippen molar-refractivity contribution in [1.82, 2.24) is 4.98 Å². The Hall–Kier alpha value is -4.06. The van der Waals surface area contributed by atoms with E-state index in [4.69, 9.17) is 14.2 Å². The van der Waals surface area contributed by atoms with Crippen LogP contribution in [0.25, 0.3) is 10.9 Å². The molecule has 1 N–H and O–H groups in total. The van der Waals surface area contributed by atoms with Crippen LogP contribution in [-0.2, 0) is 16.1 Å². The second kappa shape index (κ2) is 9.61. The molecule has 168 valence electrons. The largest absolute Gasteiger partial charge is 0.496 e. The molecule has 4 rings (SSSR count). The highest BCUT2D eigenvalue weighted by Crippen LogP contribution is 2.36. The lowest BCUT2D eigenvalue weighted by atomic mass is 9.91. The van der Waals surface area contributed by atoms with Crippen molar-refractivity contribution < 1.29 is 23.8 Å². The van der Waals surface area contributed by atoms with Gasteiger partial charge in [-0.25, -0.2) is 9.59 Å². The van der Waals surface area contributed by atoms with E-state index in [-0.39, 0.29) is 18.5 Å². The second-order valence-corrected chi connectivity index (χ2v) is 7.74. The number of H-pyrrole nitrogens is 1. The fourth-order valence-corrected chi connectivity index (χ4v) is 3.92. The number of carbonyl (C=O) groups is 2. The van der Waals surface area contributed by atoms with Crippen LogP contribution >= 0.6 is 0 Å². The number of hydrogen-bond donors (Lipinski definition) is 1. The molecule has 0 radical (unpaired) electrons. The van der Waals surface area contributed by atoms with Crippen molar-refractivity contribution in [1.29, 1.82) is 0 Å². The number of nitrogens with one attached hydrogen (secondary N) is 1. The lowest BCUT2D eigenvalue weighted by Gasteiger charge is -2.16. The zero-order valence-electron chi connectivity index (χ0n) is 18.8. The van der Waals surface area contributed by atoms with Gasteiger partial charge in [-0.05, 0) is 41.5 Å². The van der Waals surface area contributed by atoms with Gasteiger partial charge in [-0.1, -0.05) is 43.3 Å². The maximum atomic E-state index is 12.7. The SMILES string of the molecule is COC(=O)c1ccc(C(C)c2c[nH]c3ccc(C(=O)OCc4ccccc4)cc23)c(OC)c1. The number of hydrogen-bond acceptors (Lipinski definition) is 5. The van der Waals surface area contributed by atoms with Gasteiger partial charge in [0.15, 0.2) is 0 Å². The average Bonchev–Trinajstić information content (AvgIpc) is 3.29. The Morgan fingerprint density at radius 1 is 0.879 bits per heavy atom. The molecule has 0 saturated carbocycles. The van der Waals surface area contributed by atoms with Crippen LogP contribution in [-0.4, -0.2) is 31.1 Å². The van der Waals surface area contributed by atoms with Crippen LogP contribution in [0.4, 0.5) is 0 Å². The number of methoxy groups -OCH3 is 2. The van der Waals surface area contributed by atoms with Crippen molar-refractivity contribution in [3.8, 4) is 5.75 Å². The third-order valence-corrected chi connectivity index (χ3v) is 5.75. The lowest BCUT2D eigenvalue weighted by molar-refractivity contribution is 0.0472. The molecule has 0 bridgehead atoms.